The molecule has 1 rings (SSSR count). The Bertz CT molecular complexity index is 447. The van der Waals surface area contributed by atoms with Crippen LogP contribution in [0.2, 0.25) is 0 Å². The van der Waals surface area contributed by atoms with Crippen molar-refractivity contribution in [2.75, 3.05) is 0 Å². The fourth-order valence-electron chi connectivity index (χ4n) is 1.37. The number of aryl methyl sites for hydroxylation is 1. The van der Waals surface area contributed by atoms with Crippen molar-refractivity contribution in [3.63, 3.8) is 0 Å². The maximum atomic E-state index is 4.12. The van der Waals surface area contributed by atoms with Crippen molar-refractivity contribution in [3.05, 3.63) is 61.3 Å². The molecule has 1 heterocycles. The van der Waals surface area contributed by atoms with Crippen LogP contribution in [-0.2, 0) is 0 Å². The lowest BCUT2D eigenvalue weighted by atomic mass is 10.1. The topological polar surface area (TPSA) is 17.8 Å². The molecular weight excluding hydrogens is 196 g/mol. The molecule has 0 bridgehead atoms. The molecule has 1 aromatic heterocycles. The van der Waals surface area contributed by atoms with E-state index >= 15 is 0 Å². The van der Waals surface area contributed by atoms with Gasteiger partial charge in [0, 0.05) is 17.6 Å². The van der Waals surface area contributed by atoms with Crippen molar-refractivity contribution < 1.29 is 0 Å². The summed E-state index contributed by atoms with van der Waals surface area (Å²) in [5.41, 5.74) is 4.04. The Morgan fingerprint density at radius 1 is 1.50 bits per heavy atom. The summed E-state index contributed by atoms with van der Waals surface area (Å²) >= 11 is 0. The number of aromatic nitrogens is 2. The van der Waals surface area contributed by atoms with Crippen LogP contribution in [0.3, 0.4) is 0 Å². The van der Waals surface area contributed by atoms with E-state index in [0.717, 1.165) is 29.0 Å². The monoisotopic (exact) mass is 214 g/mol. The Morgan fingerprint density at radius 3 is 2.62 bits per heavy atom. The minimum atomic E-state index is 0.873. The Labute approximate surface area is 97.3 Å². The molecule has 0 atom stereocenters. The van der Waals surface area contributed by atoms with Gasteiger partial charge in [-0.3, -0.25) is 0 Å². The highest BCUT2D eigenvalue weighted by atomic mass is 15.1. The predicted octanol–water partition coefficient (Wildman–Crippen LogP) is 3.74. The number of hydrogen-bond acceptors (Lipinski definition) is 1. The second-order valence-corrected chi connectivity index (χ2v) is 3.67. The highest BCUT2D eigenvalue weighted by Crippen LogP contribution is 2.21. The summed E-state index contributed by atoms with van der Waals surface area (Å²) < 4.78 is 2.01. The molecule has 1 aromatic rings. The second kappa shape index (κ2) is 5.31. The molecule has 0 saturated carbocycles. The van der Waals surface area contributed by atoms with Gasteiger partial charge >= 0.3 is 0 Å². The van der Waals surface area contributed by atoms with E-state index in [0.29, 0.717) is 0 Å². The van der Waals surface area contributed by atoms with Gasteiger partial charge < -0.3 is 4.57 Å². The zero-order valence-corrected chi connectivity index (χ0v) is 10.0. The van der Waals surface area contributed by atoms with Crippen molar-refractivity contribution in [2.24, 2.45) is 0 Å². The van der Waals surface area contributed by atoms with Crippen molar-refractivity contribution in [3.8, 4) is 0 Å². The summed E-state index contributed by atoms with van der Waals surface area (Å²) in [6, 6.07) is 0. The van der Waals surface area contributed by atoms with E-state index in [4.69, 9.17) is 0 Å². The van der Waals surface area contributed by atoms with E-state index in [1.807, 2.05) is 23.8 Å². The summed E-state index contributed by atoms with van der Waals surface area (Å²) in [6.45, 7) is 15.8. The van der Waals surface area contributed by atoms with Crippen LogP contribution in [0.1, 0.15) is 19.0 Å². The van der Waals surface area contributed by atoms with Crippen LogP contribution in [0.5, 0.6) is 0 Å². The molecule has 0 saturated heterocycles. The minimum Gasteiger partial charge on any atom is -0.303 e. The number of rotatable bonds is 5. The first-order valence-corrected chi connectivity index (χ1v) is 5.30. The Morgan fingerprint density at radius 2 is 2.19 bits per heavy atom. The summed E-state index contributed by atoms with van der Waals surface area (Å²) in [4.78, 5) is 4.12. The van der Waals surface area contributed by atoms with Crippen molar-refractivity contribution >= 4 is 5.70 Å². The van der Waals surface area contributed by atoms with E-state index in [9.17, 15) is 0 Å². The van der Waals surface area contributed by atoms with Crippen LogP contribution in [0, 0.1) is 6.92 Å². The number of allylic oxidation sites excluding steroid dienone is 5. The van der Waals surface area contributed by atoms with E-state index in [1.54, 1.807) is 12.4 Å². The Kier molecular flexibility index (Phi) is 4.06. The average Bonchev–Trinajstić information content (AvgIpc) is 2.70. The van der Waals surface area contributed by atoms with Crippen LogP contribution >= 0.6 is 0 Å². The van der Waals surface area contributed by atoms with Gasteiger partial charge in [0.25, 0.3) is 0 Å². The van der Waals surface area contributed by atoms with E-state index < -0.39 is 0 Å². The molecule has 2 heteroatoms. The largest absolute Gasteiger partial charge is 0.303 e. The number of imidazole rings is 1. The van der Waals surface area contributed by atoms with E-state index in [2.05, 4.69) is 31.6 Å². The van der Waals surface area contributed by atoms with Crippen LogP contribution in [0.4, 0.5) is 0 Å². The van der Waals surface area contributed by atoms with E-state index in [1.165, 1.54) is 0 Å². The van der Waals surface area contributed by atoms with Gasteiger partial charge in [-0.05, 0) is 30.6 Å². The van der Waals surface area contributed by atoms with Crippen LogP contribution in [0.25, 0.3) is 5.70 Å². The first-order chi connectivity index (χ1) is 7.60. The lowest BCUT2D eigenvalue weighted by Crippen LogP contribution is -2.00. The van der Waals surface area contributed by atoms with Gasteiger partial charge in [-0.15, -0.1) is 0 Å². The van der Waals surface area contributed by atoms with Crippen LogP contribution in [-0.4, -0.2) is 9.55 Å². The molecular formula is C14H18N2. The molecule has 0 amide bonds. The van der Waals surface area contributed by atoms with Gasteiger partial charge in [0.1, 0.15) is 0 Å². The molecule has 0 unspecified atom stereocenters. The maximum absolute atomic E-state index is 4.12. The van der Waals surface area contributed by atoms with Gasteiger partial charge in [-0.1, -0.05) is 32.7 Å². The van der Waals surface area contributed by atoms with Gasteiger partial charge in [0.05, 0.1) is 6.33 Å². The molecule has 0 aliphatic carbocycles. The average molecular weight is 214 g/mol. The zero-order chi connectivity index (χ0) is 12.1. The molecule has 2 nitrogen and oxygen atoms in total. The second-order valence-electron chi connectivity index (χ2n) is 3.67. The number of hydrogen-bond donors (Lipinski definition) is 0. The molecule has 0 aromatic carbocycles. The molecule has 0 radical (unpaired) electrons. The predicted molar refractivity (Wildman–Crippen MR) is 70.0 cm³/mol. The lowest BCUT2D eigenvalue weighted by Gasteiger charge is -2.12. The van der Waals surface area contributed by atoms with E-state index in [-0.39, 0.29) is 0 Å². The third-order valence-electron chi connectivity index (χ3n) is 2.46. The van der Waals surface area contributed by atoms with Gasteiger partial charge in [-0.2, -0.15) is 0 Å². The summed E-state index contributed by atoms with van der Waals surface area (Å²) in [5.74, 6) is 0. The fraction of sp³-hybridized carbons (Fsp3) is 0.214. The third kappa shape index (κ3) is 2.60. The number of nitrogens with zero attached hydrogens (tertiary/aromatic N) is 2. The van der Waals surface area contributed by atoms with Crippen LogP contribution in [0.15, 0.2) is 55.6 Å². The first kappa shape index (κ1) is 12.2. The first-order valence-electron chi connectivity index (χ1n) is 5.30. The SMILES string of the molecule is C=CC(=C)/C=C(/C(=C)CC)n1cncc1C. The van der Waals surface area contributed by atoms with Crippen molar-refractivity contribution in [1.29, 1.82) is 0 Å². The normalized spacial score (nSPS) is 11.2. The standard InChI is InChI=1S/C14H18N2/c1-6-11(3)8-14(12(4)7-2)16-10-15-9-13(16)5/h6,8-10H,1,3-4,7H2,2,5H3/b14-8-. The highest BCUT2D eigenvalue weighted by molar-refractivity contribution is 5.67. The van der Waals surface area contributed by atoms with Gasteiger partial charge in [0.2, 0.25) is 0 Å². The van der Waals surface area contributed by atoms with Gasteiger partial charge in [0.15, 0.2) is 0 Å². The molecule has 16 heavy (non-hydrogen) atoms. The zero-order valence-electron chi connectivity index (χ0n) is 10.0. The highest BCUT2D eigenvalue weighted by Gasteiger charge is 2.06. The summed E-state index contributed by atoms with van der Waals surface area (Å²) in [6.07, 6.45) is 8.22. The van der Waals surface area contributed by atoms with Crippen molar-refractivity contribution in [1.82, 2.24) is 9.55 Å². The quantitative estimate of drug-likeness (QED) is 0.683. The molecule has 0 fully saturated rings. The molecule has 0 spiro atoms. The lowest BCUT2D eigenvalue weighted by molar-refractivity contribution is 0.998. The maximum Gasteiger partial charge on any atom is 0.0994 e. The Hall–Kier alpha value is -1.83. The molecule has 0 aliphatic rings. The molecule has 0 N–H and O–H groups in total. The Balaban J connectivity index is 3.21. The third-order valence-corrected chi connectivity index (χ3v) is 2.46. The minimum absolute atomic E-state index is 0.873. The fourth-order valence-corrected chi connectivity index (χ4v) is 1.37. The van der Waals surface area contributed by atoms with Crippen LogP contribution < -0.4 is 0 Å². The molecule has 0 aliphatic heterocycles. The molecule has 84 valence electrons. The smallest absolute Gasteiger partial charge is 0.0994 e. The van der Waals surface area contributed by atoms with Crippen molar-refractivity contribution in [2.45, 2.75) is 20.3 Å². The summed E-state index contributed by atoms with van der Waals surface area (Å²) in [5, 5.41) is 0. The van der Waals surface area contributed by atoms with Gasteiger partial charge in [-0.25, -0.2) is 4.98 Å². The summed E-state index contributed by atoms with van der Waals surface area (Å²) in [7, 11) is 0.